The van der Waals surface area contributed by atoms with Crippen molar-refractivity contribution >= 4 is 28.6 Å². The van der Waals surface area contributed by atoms with Gasteiger partial charge in [-0.1, -0.05) is 0 Å². The van der Waals surface area contributed by atoms with E-state index in [9.17, 15) is 4.79 Å². The zero-order chi connectivity index (χ0) is 12.3. The number of carboxylic acid groups (broad SMARTS) is 1. The average Bonchev–Trinajstić information content (AvgIpc) is 2.88. The fourth-order valence-corrected chi connectivity index (χ4v) is 2.93. The maximum absolute atomic E-state index is 10.7. The molecule has 2 aromatic rings. The number of carboxylic acids is 1. The van der Waals surface area contributed by atoms with Gasteiger partial charge in [-0.05, 0) is 13.0 Å². The van der Waals surface area contributed by atoms with Gasteiger partial charge in [0.25, 0.3) is 0 Å². The van der Waals surface area contributed by atoms with Gasteiger partial charge in [0.1, 0.15) is 5.01 Å². The van der Waals surface area contributed by atoms with Crippen molar-refractivity contribution < 1.29 is 9.90 Å². The molecule has 2 heterocycles. The van der Waals surface area contributed by atoms with Crippen molar-refractivity contribution in [2.24, 2.45) is 0 Å². The van der Waals surface area contributed by atoms with Gasteiger partial charge in [-0.2, -0.15) is 0 Å². The number of aromatic carboxylic acids is 1. The molecule has 17 heavy (non-hydrogen) atoms. The summed E-state index contributed by atoms with van der Waals surface area (Å²) in [6, 6.07) is 1.70. The van der Waals surface area contributed by atoms with Gasteiger partial charge in [-0.3, -0.25) is 0 Å². The number of nitrogens with one attached hydrogen (secondary N) is 1. The SMILES string of the molecule is Cc1csc(CNCc2cc(C(=O)O)cs2)n1. The molecule has 0 fully saturated rings. The molecule has 0 saturated heterocycles. The summed E-state index contributed by atoms with van der Waals surface area (Å²) in [4.78, 5) is 16.1. The molecule has 0 aliphatic carbocycles. The summed E-state index contributed by atoms with van der Waals surface area (Å²) in [5, 5.41) is 16.8. The first-order valence-corrected chi connectivity index (χ1v) is 6.83. The summed E-state index contributed by atoms with van der Waals surface area (Å²) in [6.45, 7) is 3.37. The summed E-state index contributed by atoms with van der Waals surface area (Å²) >= 11 is 3.09. The van der Waals surface area contributed by atoms with Gasteiger partial charge in [0, 0.05) is 34.4 Å². The lowest BCUT2D eigenvalue weighted by atomic mass is 10.3. The van der Waals surface area contributed by atoms with E-state index in [1.54, 1.807) is 22.8 Å². The minimum atomic E-state index is -0.872. The highest BCUT2D eigenvalue weighted by molar-refractivity contribution is 7.10. The minimum absolute atomic E-state index is 0.358. The number of hydrogen-bond acceptors (Lipinski definition) is 5. The molecule has 4 nitrogen and oxygen atoms in total. The van der Waals surface area contributed by atoms with Crippen LogP contribution in [0.3, 0.4) is 0 Å². The number of nitrogens with zero attached hydrogens (tertiary/aromatic N) is 1. The fraction of sp³-hybridized carbons (Fsp3) is 0.273. The van der Waals surface area contributed by atoms with Crippen LogP contribution >= 0.6 is 22.7 Å². The summed E-state index contributed by atoms with van der Waals surface area (Å²) in [5.74, 6) is -0.872. The zero-order valence-corrected chi connectivity index (χ0v) is 10.9. The van der Waals surface area contributed by atoms with Gasteiger partial charge in [-0.25, -0.2) is 9.78 Å². The third-order valence-corrected chi connectivity index (χ3v) is 4.05. The number of thiazole rings is 1. The number of aromatic nitrogens is 1. The molecule has 2 N–H and O–H groups in total. The molecule has 0 amide bonds. The Morgan fingerprint density at radius 2 is 2.24 bits per heavy atom. The highest BCUT2D eigenvalue weighted by Crippen LogP contribution is 2.15. The summed E-state index contributed by atoms with van der Waals surface area (Å²) in [7, 11) is 0. The first kappa shape index (κ1) is 12.2. The lowest BCUT2D eigenvalue weighted by Gasteiger charge is -1.99. The highest BCUT2D eigenvalue weighted by atomic mass is 32.1. The van der Waals surface area contributed by atoms with Crippen molar-refractivity contribution in [2.75, 3.05) is 0 Å². The molecule has 0 unspecified atom stereocenters. The topological polar surface area (TPSA) is 62.2 Å². The number of rotatable bonds is 5. The van der Waals surface area contributed by atoms with Crippen LogP contribution < -0.4 is 5.32 Å². The Bertz CT molecular complexity index is 519. The molecule has 0 saturated carbocycles. The van der Waals surface area contributed by atoms with Crippen LogP contribution in [0.5, 0.6) is 0 Å². The van der Waals surface area contributed by atoms with E-state index < -0.39 is 5.97 Å². The van der Waals surface area contributed by atoms with Gasteiger partial charge in [0.15, 0.2) is 0 Å². The molecule has 0 aliphatic heterocycles. The van der Waals surface area contributed by atoms with Gasteiger partial charge in [0.2, 0.25) is 0 Å². The standard InChI is InChI=1S/C11H12N2O2S2/c1-7-5-17-10(13-7)4-12-3-9-2-8(6-16-9)11(14)15/h2,5-6,12H,3-4H2,1H3,(H,14,15). The van der Waals surface area contributed by atoms with E-state index in [1.807, 2.05) is 12.3 Å². The van der Waals surface area contributed by atoms with Crippen LogP contribution in [-0.2, 0) is 13.1 Å². The van der Waals surface area contributed by atoms with Gasteiger partial charge in [-0.15, -0.1) is 22.7 Å². The van der Waals surface area contributed by atoms with Gasteiger partial charge >= 0.3 is 5.97 Å². The molecule has 0 aliphatic rings. The lowest BCUT2D eigenvalue weighted by Crippen LogP contribution is -2.11. The minimum Gasteiger partial charge on any atom is -0.478 e. The monoisotopic (exact) mass is 268 g/mol. The van der Waals surface area contributed by atoms with E-state index in [1.165, 1.54) is 11.3 Å². The van der Waals surface area contributed by atoms with Crippen molar-refractivity contribution in [1.29, 1.82) is 0 Å². The second-order valence-electron chi connectivity index (χ2n) is 3.59. The van der Waals surface area contributed by atoms with E-state index in [-0.39, 0.29) is 0 Å². The Hall–Kier alpha value is -1.24. The van der Waals surface area contributed by atoms with E-state index in [0.29, 0.717) is 12.1 Å². The Balaban J connectivity index is 1.83. The van der Waals surface area contributed by atoms with Crippen LogP contribution in [0.2, 0.25) is 0 Å². The molecule has 0 radical (unpaired) electrons. The van der Waals surface area contributed by atoms with Crippen LogP contribution in [-0.4, -0.2) is 16.1 Å². The normalized spacial score (nSPS) is 10.6. The van der Waals surface area contributed by atoms with Crippen molar-refractivity contribution in [3.05, 3.63) is 38.0 Å². The van der Waals surface area contributed by atoms with E-state index in [4.69, 9.17) is 5.11 Å². The van der Waals surface area contributed by atoms with Crippen LogP contribution in [0.15, 0.2) is 16.8 Å². The third-order valence-electron chi connectivity index (χ3n) is 2.14. The molecular formula is C11H12N2O2S2. The van der Waals surface area contributed by atoms with Crippen molar-refractivity contribution in [3.63, 3.8) is 0 Å². The van der Waals surface area contributed by atoms with Crippen LogP contribution in [0.4, 0.5) is 0 Å². The Morgan fingerprint density at radius 3 is 2.82 bits per heavy atom. The van der Waals surface area contributed by atoms with Crippen molar-refractivity contribution in [3.8, 4) is 0 Å². The van der Waals surface area contributed by atoms with Crippen molar-refractivity contribution in [2.45, 2.75) is 20.0 Å². The largest absolute Gasteiger partial charge is 0.478 e. The lowest BCUT2D eigenvalue weighted by molar-refractivity contribution is 0.0697. The Kier molecular flexibility index (Phi) is 3.88. The molecule has 2 aromatic heterocycles. The fourth-order valence-electron chi connectivity index (χ4n) is 1.36. The maximum Gasteiger partial charge on any atom is 0.336 e. The van der Waals surface area contributed by atoms with Crippen LogP contribution in [0, 0.1) is 6.92 Å². The van der Waals surface area contributed by atoms with E-state index >= 15 is 0 Å². The van der Waals surface area contributed by atoms with Crippen LogP contribution in [0.1, 0.15) is 25.9 Å². The van der Waals surface area contributed by atoms with E-state index in [2.05, 4.69) is 10.3 Å². The Morgan fingerprint density at radius 1 is 1.41 bits per heavy atom. The molecule has 2 rings (SSSR count). The van der Waals surface area contributed by atoms with Gasteiger partial charge < -0.3 is 10.4 Å². The number of thiophene rings is 1. The third kappa shape index (κ3) is 3.36. The second kappa shape index (κ2) is 5.39. The number of hydrogen-bond donors (Lipinski definition) is 2. The number of aryl methyl sites for hydroxylation is 1. The number of carbonyl (C=O) groups is 1. The summed E-state index contributed by atoms with van der Waals surface area (Å²) < 4.78 is 0. The molecule has 0 bridgehead atoms. The first-order valence-electron chi connectivity index (χ1n) is 5.07. The Labute approximate surface area is 107 Å². The smallest absolute Gasteiger partial charge is 0.336 e. The van der Waals surface area contributed by atoms with Crippen LogP contribution in [0.25, 0.3) is 0 Å². The van der Waals surface area contributed by atoms with Gasteiger partial charge in [0.05, 0.1) is 5.56 Å². The molecule has 90 valence electrons. The summed E-state index contributed by atoms with van der Waals surface area (Å²) in [5.41, 5.74) is 1.40. The first-order chi connectivity index (χ1) is 8.15. The predicted molar refractivity (Wildman–Crippen MR) is 68.7 cm³/mol. The summed E-state index contributed by atoms with van der Waals surface area (Å²) in [6.07, 6.45) is 0. The van der Waals surface area contributed by atoms with E-state index in [0.717, 1.165) is 22.1 Å². The molecule has 6 heteroatoms. The molecular weight excluding hydrogens is 256 g/mol. The molecule has 0 spiro atoms. The zero-order valence-electron chi connectivity index (χ0n) is 9.27. The quantitative estimate of drug-likeness (QED) is 0.874. The predicted octanol–water partition coefficient (Wildman–Crippen LogP) is 2.50. The second-order valence-corrected chi connectivity index (χ2v) is 5.53. The van der Waals surface area contributed by atoms with Crippen molar-refractivity contribution in [1.82, 2.24) is 10.3 Å². The average molecular weight is 268 g/mol. The highest BCUT2D eigenvalue weighted by Gasteiger charge is 2.06. The molecule has 0 aromatic carbocycles. The maximum atomic E-state index is 10.7. The molecule has 0 atom stereocenters.